The van der Waals surface area contributed by atoms with Crippen LogP contribution in [0.5, 0.6) is 0 Å². The Morgan fingerprint density at radius 3 is 2.22 bits per heavy atom. The molecule has 1 saturated heterocycles. The van der Waals surface area contributed by atoms with Gasteiger partial charge in [-0.15, -0.1) is 0 Å². The number of halogens is 1. The van der Waals surface area contributed by atoms with Crippen molar-refractivity contribution >= 4 is 30.5 Å². The summed E-state index contributed by atoms with van der Waals surface area (Å²) in [6, 6.07) is 5.12. The molecule has 0 saturated carbocycles. The van der Waals surface area contributed by atoms with Crippen LogP contribution < -0.4 is 5.46 Å². The summed E-state index contributed by atoms with van der Waals surface area (Å²) in [5.74, 6) is 0. The molecule has 1 aromatic rings. The first-order valence-corrected chi connectivity index (χ1v) is 6.25. The number of hydrogen-bond acceptors (Lipinski definition) is 3. The fraction of sp³-hybridized carbons (Fsp3) is 0.462. The molecule has 1 aliphatic rings. The van der Waals surface area contributed by atoms with E-state index in [1.165, 1.54) is 0 Å². The molecule has 0 aromatic heterocycles. The molecule has 1 aromatic carbocycles. The molecule has 0 unspecified atom stereocenters. The highest BCUT2D eigenvalue weighted by atomic mass is 35.5. The van der Waals surface area contributed by atoms with E-state index in [0.717, 1.165) is 6.29 Å². The molecule has 3 nitrogen and oxygen atoms in total. The van der Waals surface area contributed by atoms with Crippen molar-refractivity contribution in [2.75, 3.05) is 0 Å². The Hall–Kier alpha value is -0.835. The molecule has 2 rings (SSSR count). The Bertz CT molecular complexity index is 469. The molecule has 0 bridgehead atoms. The number of hydrogen-bond donors (Lipinski definition) is 0. The summed E-state index contributed by atoms with van der Waals surface area (Å²) in [5.41, 5.74) is 0.378. The monoisotopic (exact) mass is 266 g/mol. The maximum atomic E-state index is 11.1. The van der Waals surface area contributed by atoms with Crippen LogP contribution in [0.15, 0.2) is 18.2 Å². The van der Waals surface area contributed by atoms with Crippen molar-refractivity contribution < 1.29 is 14.1 Å². The van der Waals surface area contributed by atoms with Crippen molar-refractivity contribution in [1.82, 2.24) is 0 Å². The second kappa shape index (κ2) is 4.37. The zero-order valence-corrected chi connectivity index (χ0v) is 11.7. The lowest BCUT2D eigenvalue weighted by Crippen LogP contribution is -2.41. The minimum absolute atomic E-state index is 0.419. The third kappa shape index (κ3) is 2.20. The van der Waals surface area contributed by atoms with E-state index in [-0.39, 0.29) is 0 Å². The minimum Gasteiger partial charge on any atom is -0.399 e. The Morgan fingerprint density at radius 2 is 1.72 bits per heavy atom. The molecule has 5 heteroatoms. The first kappa shape index (κ1) is 13.6. The molecule has 0 spiro atoms. The summed E-state index contributed by atoms with van der Waals surface area (Å²) in [5, 5.41) is 0.525. The van der Waals surface area contributed by atoms with Gasteiger partial charge in [0.1, 0.15) is 6.29 Å². The largest absolute Gasteiger partial charge is 0.495 e. The Kier molecular flexibility index (Phi) is 3.30. The van der Waals surface area contributed by atoms with Gasteiger partial charge in [-0.1, -0.05) is 17.7 Å². The highest BCUT2D eigenvalue weighted by molar-refractivity contribution is 6.63. The molecule has 1 heterocycles. The van der Waals surface area contributed by atoms with Crippen molar-refractivity contribution in [3.63, 3.8) is 0 Å². The van der Waals surface area contributed by atoms with E-state index >= 15 is 0 Å². The summed E-state index contributed by atoms with van der Waals surface area (Å²) < 4.78 is 11.8. The molecule has 0 N–H and O–H groups in total. The maximum absolute atomic E-state index is 11.1. The van der Waals surface area contributed by atoms with Gasteiger partial charge in [0.05, 0.1) is 11.2 Å². The van der Waals surface area contributed by atoms with Crippen LogP contribution in [0.25, 0.3) is 0 Å². The van der Waals surface area contributed by atoms with Gasteiger partial charge in [0, 0.05) is 10.6 Å². The zero-order chi connectivity index (χ0) is 13.6. The first-order valence-electron chi connectivity index (χ1n) is 5.87. The van der Waals surface area contributed by atoms with Gasteiger partial charge in [-0.2, -0.15) is 0 Å². The van der Waals surface area contributed by atoms with Gasteiger partial charge in [-0.05, 0) is 45.3 Å². The van der Waals surface area contributed by atoms with Gasteiger partial charge in [0.25, 0.3) is 0 Å². The molecule has 0 radical (unpaired) electrons. The Balaban J connectivity index is 2.38. The van der Waals surface area contributed by atoms with Crippen molar-refractivity contribution in [2.24, 2.45) is 0 Å². The number of aldehydes is 1. The fourth-order valence-electron chi connectivity index (χ4n) is 1.83. The number of rotatable bonds is 2. The predicted octanol–water partition coefficient (Wildman–Crippen LogP) is 2.45. The normalized spacial score (nSPS) is 21.1. The average molecular weight is 267 g/mol. The van der Waals surface area contributed by atoms with Gasteiger partial charge < -0.3 is 9.31 Å². The lowest BCUT2D eigenvalue weighted by atomic mass is 9.76. The van der Waals surface area contributed by atoms with Crippen LogP contribution >= 0.6 is 11.6 Å². The highest BCUT2D eigenvalue weighted by Gasteiger charge is 2.52. The average Bonchev–Trinajstić information content (AvgIpc) is 2.47. The molecule has 0 atom stereocenters. The van der Waals surface area contributed by atoms with E-state index in [1.54, 1.807) is 18.2 Å². The molecule has 1 aliphatic heterocycles. The smallest absolute Gasteiger partial charge is 0.399 e. The van der Waals surface area contributed by atoms with Crippen LogP contribution in [-0.2, 0) is 9.31 Å². The van der Waals surface area contributed by atoms with Crippen molar-refractivity contribution in [1.29, 1.82) is 0 Å². The fourth-order valence-corrected chi connectivity index (χ4v) is 2.01. The molecule has 18 heavy (non-hydrogen) atoms. The third-order valence-electron chi connectivity index (χ3n) is 3.68. The van der Waals surface area contributed by atoms with E-state index in [1.807, 2.05) is 27.7 Å². The van der Waals surface area contributed by atoms with E-state index in [4.69, 9.17) is 20.9 Å². The van der Waals surface area contributed by atoms with Crippen molar-refractivity contribution in [3.05, 3.63) is 28.8 Å². The molecular formula is C13H16BClO3. The number of carbonyl (C=O) groups is 1. The zero-order valence-electron chi connectivity index (χ0n) is 11.0. The summed E-state index contributed by atoms with van der Waals surface area (Å²) in [7, 11) is -0.535. The van der Waals surface area contributed by atoms with E-state index < -0.39 is 18.3 Å². The second-order valence-corrected chi connectivity index (χ2v) is 5.92. The lowest BCUT2D eigenvalue weighted by molar-refractivity contribution is 0.00578. The highest BCUT2D eigenvalue weighted by Crippen LogP contribution is 2.36. The standard InChI is InChI=1S/C13H16BClO3/c1-12(2)13(3,4)18-14(17-12)11-6-5-10(15)7-9(11)8-16/h5-8H,1-4H3. The second-order valence-electron chi connectivity index (χ2n) is 5.48. The Labute approximate surface area is 113 Å². The molecule has 1 fully saturated rings. The van der Waals surface area contributed by atoms with Crippen LogP contribution in [0.1, 0.15) is 38.1 Å². The summed E-state index contributed by atoms with van der Waals surface area (Å²) in [4.78, 5) is 11.1. The summed E-state index contributed by atoms with van der Waals surface area (Å²) in [6.45, 7) is 7.90. The van der Waals surface area contributed by atoms with Crippen LogP contribution in [0.2, 0.25) is 5.02 Å². The van der Waals surface area contributed by atoms with Crippen LogP contribution in [0.4, 0.5) is 0 Å². The quantitative estimate of drug-likeness (QED) is 0.609. The van der Waals surface area contributed by atoms with Crippen LogP contribution in [0, 0.1) is 0 Å². The van der Waals surface area contributed by atoms with E-state index in [0.29, 0.717) is 16.0 Å². The van der Waals surface area contributed by atoms with Gasteiger partial charge in [-0.25, -0.2) is 0 Å². The molecule has 0 amide bonds. The van der Waals surface area contributed by atoms with Crippen molar-refractivity contribution in [2.45, 2.75) is 38.9 Å². The first-order chi connectivity index (χ1) is 8.27. The topological polar surface area (TPSA) is 35.5 Å². The summed E-state index contributed by atoms with van der Waals surface area (Å²) in [6.07, 6.45) is 0.770. The molecule has 96 valence electrons. The van der Waals surface area contributed by atoms with E-state index in [9.17, 15) is 4.79 Å². The third-order valence-corrected chi connectivity index (χ3v) is 3.92. The van der Waals surface area contributed by atoms with E-state index in [2.05, 4.69) is 0 Å². The number of benzene rings is 1. The SMILES string of the molecule is CC1(C)OB(c2ccc(Cl)cc2C=O)OC1(C)C. The van der Waals surface area contributed by atoms with Crippen molar-refractivity contribution in [3.8, 4) is 0 Å². The molecule has 0 aliphatic carbocycles. The van der Waals surface area contributed by atoms with Crippen LogP contribution in [-0.4, -0.2) is 24.6 Å². The van der Waals surface area contributed by atoms with Gasteiger partial charge in [-0.3, -0.25) is 4.79 Å². The predicted molar refractivity (Wildman–Crippen MR) is 72.6 cm³/mol. The molecular weight excluding hydrogens is 250 g/mol. The van der Waals surface area contributed by atoms with Gasteiger partial charge in [0.2, 0.25) is 0 Å². The van der Waals surface area contributed by atoms with Gasteiger partial charge >= 0.3 is 7.12 Å². The number of carbonyl (C=O) groups excluding carboxylic acids is 1. The van der Waals surface area contributed by atoms with Gasteiger partial charge in [0.15, 0.2) is 0 Å². The van der Waals surface area contributed by atoms with Crippen LogP contribution in [0.3, 0.4) is 0 Å². The minimum atomic E-state index is -0.535. The lowest BCUT2D eigenvalue weighted by Gasteiger charge is -2.32. The maximum Gasteiger partial charge on any atom is 0.495 e. The Morgan fingerprint density at radius 1 is 1.17 bits per heavy atom. The summed E-state index contributed by atoms with van der Waals surface area (Å²) >= 11 is 5.87.